The molecule has 1 aromatic heterocycles. The molecule has 94 valence electrons. The molecule has 0 fully saturated rings. The molecule has 0 atom stereocenters. The SMILES string of the molecule is COCc1ccc(CNc2ncc(Cl)cn2)cc1. The number of benzene rings is 1. The van der Waals surface area contributed by atoms with Gasteiger partial charge in [0.2, 0.25) is 5.95 Å². The first-order chi connectivity index (χ1) is 8.78. The largest absolute Gasteiger partial charge is 0.380 e. The number of hydrogen-bond acceptors (Lipinski definition) is 4. The smallest absolute Gasteiger partial charge is 0.222 e. The lowest BCUT2D eigenvalue weighted by atomic mass is 10.1. The summed E-state index contributed by atoms with van der Waals surface area (Å²) >= 11 is 5.71. The fourth-order valence-corrected chi connectivity index (χ4v) is 1.60. The van der Waals surface area contributed by atoms with E-state index in [1.807, 2.05) is 12.1 Å². The van der Waals surface area contributed by atoms with Gasteiger partial charge in [-0.2, -0.15) is 0 Å². The van der Waals surface area contributed by atoms with Crippen molar-refractivity contribution in [2.24, 2.45) is 0 Å². The molecule has 0 amide bonds. The van der Waals surface area contributed by atoms with E-state index in [2.05, 4.69) is 27.4 Å². The maximum absolute atomic E-state index is 5.71. The molecule has 1 aromatic carbocycles. The molecule has 5 heteroatoms. The Balaban J connectivity index is 1.91. The standard InChI is InChI=1S/C13H14ClN3O/c1-18-9-11-4-2-10(3-5-11)6-15-13-16-7-12(14)8-17-13/h2-5,7-8H,6,9H2,1H3,(H,15,16,17). The molecule has 0 saturated heterocycles. The second-order valence-corrected chi connectivity index (χ2v) is 4.26. The van der Waals surface area contributed by atoms with Crippen LogP contribution in [0.3, 0.4) is 0 Å². The quantitative estimate of drug-likeness (QED) is 0.901. The van der Waals surface area contributed by atoms with Crippen LogP contribution in [0.15, 0.2) is 36.7 Å². The molecule has 1 heterocycles. The van der Waals surface area contributed by atoms with Gasteiger partial charge in [0.25, 0.3) is 0 Å². The van der Waals surface area contributed by atoms with Crippen LogP contribution in [-0.4, -0.2) is 17.1 Å². The summed E-state index contributed by atoms with van der Waals surface area (Å²) in [5.74, 6) is 0.570. The molecule has 0 radical (unpaired) electrons. The first-order valence-electron chi connectivity index (χ1n) is 5.56. The van der Waals surface area contributed by atoms with E-state index in [0.717, 1.165) is 11.1 Å². The average molecular weight is 264 g/mol. The van der Waals surface area contributed by atoms with E-state index in [0.29, 0.717) is 24.1 Å². The van der Waals surface area contributed by atoms with Crippen LogP contribution < -0.4 is 5.32 Å². The Kier molecular flexibility index (Phi) is 4.50. The Hall–Kier alpha value is -1.65. The van der Waals surface area contributed by atoms with Gasteiger partial charge in [-0.15, -0.1) is 0 Å². The Morgan fingerprint density at radius 2 is 1.72 bits per heavy atom. The van der Waals surface area contributed by atoms with Crippen LogP contribution in [-0.2, 0) is 17.9 Å². The fraction of sp³-hybridized carbons (Fsp3) is 0.231. The van der Waals surface area contributed by atoms with Gasteiger partial charge in [0, 0.05) is 13.7 Å². The lowest BCUT2D eigenvalue weighted by Crippen LogP contribution is -2.03. The highest BCUT2D eigenvalue weighted by atomic mass is 35.5. The van der Waals surface area contributed by atoms with Gasteiger partial charge >= 0.3 is 0 Å². The van der Waals surface area contributed by atoms with Crippen LogP contribution in [0.1, 0.15) is 11.1 Å². The van der Waals surface area contributed by atoms with E-state index in [1.165, 1.54) is 0 Å². The van der Waals surface area contributed by atoms with Crippen LogP contribution in [0.5, 0.6) is 0 Å². The summed E-state index contributed by atoms with van der Waals surface area (Å²) in [6.07, 6.45) is 3.14. The molecular formula is C13H14ClN3O. The molecule has 0 bridgehead atoms. The summed E-state index contributed by atoms with van der Waals surface area (Å²) in [5, 5.41) is 3.66. The summed E-state index contributed by atoms with van der Waals surface area (Å²) in [6.45, 7) is 1.31. The van der Waals surface area contributed by atoms with Crippen LogP contribution in [0.25, 0.3) is 0 Å². The van der Waals surface area contributed by atoms with Gasteiger partial charge in [0.1, 0.15) is 0 Å². The van der Waals surface area contributed by atoms with Crippen LogP contribution >= 0.6 is 11.6 Å². The Labute approximate surface area is 111 Å². The summed E-state index contributed by atoms with van der Waals surface area (Å²) in [7, 11) is 1.69. The average Bonchev–Trinajstić information content (AvgIpc) is 2.40. The molecular weight excluding hydrogens is 250 g/mol. The Bertz CT molecular complexity index is 485. The summed E-state index contributed by atoms with van der Waals surface area (Å²) in [6, 6.07) is 8.20. The first-order valence-corrected chi connectivity index (χ1v) is 5.94. The highest BCUT2D eigenvalue weighted by molar-refractivity contribution is 6.30. The van der Waals surface area contributed by atoms with E-state index < -0.39 is 0 Å². The highest BCUT2D eigenvalue weighted by Gasteiger charge is 1.97. The number of nitrogens with one attached hydrogen (secondary N) is 1. The van der Waals surface area contributed by atoms with Gasteiger partial charge in [0.15, 0.2) is 0 Å². The van der Waals surface area contributed by atoms with E-state index >= 15 is 0 Å². The molecule has 0 aliphatic heterocycles. The predicted molar refractivity (Wildman–Crippen MR) is 71.5 cm³/mol. The third-order valence-corrected chi connectivity index (χ3v) is 2.60. The van der Waals surface area contributed by atoms with Crippen molar-refractivity contribution < 1.29 is 4.74 Å². The van der Waals surface area contributed by atoms with Gasteiger partial charge < -0.3 is 10.1 Å². The van der Waals surface area contributed by atoms with Crippen molar-refractivity contribution in [3.05, 3.63) is 52.8 Å². The number of hydrogen-bond donors (Lipinski definition) is 1. The van der Waals surface area contributed by atoms with Crippen LogP contribution in [0.2, 0.25) is 5.02 Å². The second-order valence-electron chi connectivity index (χ2n) is 3.83. The third-order valence-electron chi connectivity index (χ3n) is 2.40. The number of nitrogens with zero attached hydrogens (tertiary/aromatic N) is 2. The minimum atomic E-state index is 0.532. The molecule has 0 aliphatic rings. The molecule has 2 aromatic rings. The van der Waals surface area contributed by atoms with Gasteiger partial charge in [-0.3, -0.25) is 0 Å². The third kappa shape index (κ3) is 3.68. The van der Waals surface area contributed by atoms with Gasteiger partial charge in [0.05, 0.1) is 24.0 Å². The minimum absolute atomic E-state index is 0.532. The summed E-state index contributed by atoms with van der Waals surface area (Å²) < 4.78 is 5.06. The molecule has 4 nitrogen and oxygen atoms in total. The summed E-state index contributed by atoms with van der Waals surface area (Å²) in [5.41, 5.74) is 2.32. The monoisotopic (exact) mass is 263 g/mol. The van der Waals surface area contributed by atoms with Gasteiger partial charge in [-0.05, 0) is 11.1 Å². The van der Waals surface area contributed by atoms with Crippen LogP contribution in [0, 0.1) is 0 Å². The first kappa shape index (κ1) is 12.8. The van der Waals surface area contributed by atoms with Crippen molar-refractivity contribution in [2.45, 2.75) is 13.2 Å². The number of halogens is 1. The second kappa shape index (κ2) is 6.33. The van der Waals surface area contributed by atoms with Crippen molar-refractivity contribution in [1.29, 1.82) is 0 Å². The van der Waals surface area contributed by atoms with E-state index in [-0.39, 0.29) is 0 Å². The van der Waals surface area contributed by atoms with Crippen molar-refractivity contribution in [3.63, 3.8) is 0 Å². The van der Waals surface area contributed by atoms with E-state index in [9.17, 15) is 0 Å². The Morgan fingerprint density at radius 3 is 2.33 bits per heavy atom. The van der Waals surface area contributed by atoms with E-state index in [1.54, 1.807) is 19.5 Å². The van der Waals surface area contributed by atoms with E-state index in [4.69, 9.17) is 16.3 Å². The normalized spacial score (nSPS) is 10.3. The van der Waals surface area contributed by atoms with Gasteiger partial charge in [-0.1, -0.05) is 35.9 Å². The van der Waals surface area contributed by atoms with Crippen molar-refractivity contribution in [1.82, 2.24) is 9.97 Å². The van der Waals surface area contributed by atoms with Gasteiger partial charge in [-0.25, -0.2) is 9.97 Å². The van der Waals surface area contributed by atoms with Crippen LogP contribution in [0.4, 0.5) is 5.95 Å². The lowest BCUT2D eigenvalue weighted by Gasteiger charge is -2.05. The number of anilines is 1. The number of aromatic nitrogens is 2. The van der Waals surface area contributed by atoms with Crippen molar-refractivity contribution in [3.8, 4) is 0 Å². The zero-order chi connectivity index (χ0) is 12.8. The minimum Gasteiger partial charge on any atom is -0.380 e. The molecule has 0 unspecified atom stereocenters. The molecule has 1 N–H and O–H groups in total. The number of methoxy groups -OCH3 is 1. The lowest BCUT2D eigenvalue weighted by molar-refractivity contribution is 0.185. The zero-order valence-electron chi connectivity index (χ0n) is 10.1. The zero-order valence-corrected chi connectivity index (χ0v) is 10.8. The molecule has 18 heavy (non-hydrogen) atoms. The fourth-order valence-electron chi connectivity index (χ4n) is 1.50. The van der Waals surface area contributed by atoms with Crippen molar-refractivity contribution >= 4 is 17.5 Å². The molecule has 0 saturated carbocycles. The maximum Gasteiger partial charge on any atom is 0.222 e. The molecule has 2 rings (SSSR count). The summed E-state index contributed by atoms with van der Waals surface area (Å²) in [4.78, 5) is 8.13. The topological polar surface area (TPSA) is 47.0 Å². The molecule has 0 aliphatic carbocycles. The Morgan fingerprint density at radius 1 is 1.11 bits per heavy atom. The highest BCUT2D eigenvalue weighted by Crippen LogP contribution is 2.09. The maximum atomic E-state index is 5.71. The molecule has 0 spiro atoms. The van der Waals surface area contributed by atoms with Crippen molar-refractivity contribution in [2.75, 3.05) is 12.4 Å². The predicted octanol–water partition coefficient (Wildman–Crippen LogP) is 2.89. The number of ether oxygens (including phenoxy) is 1. The number of rotatable bonds is 5.